The molecule has 1 saturated carbocycles. The zero-order valence-corrected chi connectivity index (χ0v) is 47.1. The van der Waals surface area contributed by atoms with Crippen LogP contribution in [0.3, 0.4) is 0 Å². The maximum Gasteiger partial charge on any atom is 0.297 e. The van der Waals surface area contributed by atoms with Crippen molar-refractivity contribution in [3.8, 4) is 11.1 Å². The summed E-state index contributed by atoms with van der Waals surface area (Å²) in [6.07, 6.45) is 8.35. The molecule has 4 heteroatoms. The zero-order chi connectivity index (χ0) is 51.5. The number of fused-ring (bicyclic) bond motifs is 13. The Balaban J connectivity index is 1.19. The molecule has 0 saturated heterocycles. The molecule has 0 spiro atoms. The highest BCUT2D eigenvalue weighted by atomic mass is 16.3. The molecule has 0 N–H and O–H groups in total. The van der Waals surface area contributed by atoms with Crippen LogP contribution in [0, 0.1) is 0 Å². The summed E-state index contributed by atoms with van der Waals surface area (Å²) in [5, 5.41) is 1.25. The van der Waals surface area contributed by atoms with Crippen molar-refractivity contribution < 1.29 is 4.42 Å². The van der Waals surface area contributed by atoms with Crippen LogP contribution in [0.2, 0.25) is 0 Å². The highest BCUT2D eigenvalue weighted by Crippen LogP contribution is 2.62. The molecule has 3 nitrogen and oxygen atoms in total. The Morgan fingerprint density at radius 2 is 1.05 bits per heavy atom. The smallest absolute Gasteiger partial charge is 0.297 e. The lowest BCUT2D eigenvalue weighted by molar-refractivity contribution is 0.332. The van der Waals surface area contributed by atoms with Gasteiger partial charge in [0.15, 0.2) is 0 Å². The molecule has 7 aromatic rings. The van der Waals surface area contributed by atoms with Crippen molar-refractivity contribution in [3.05, 3.63) is 148 Å². The monoisotopic (exact) mass is 963 g/mol. The Hall–Kier alpha value is -5.48. The second kappa shape index (κ2) is 14.7. The highest BCUT2D eigenvalue weighted by molar-refractivity contribution is 7.00. The van der Waals surface area contributed by atoms with Crippen molar-refractivity contribution in [1.29, 1.82) is 0 Å². The zero-order valence-electron chi connectivity index (χ0n) is 47.1. The van der Waals surface area contributed by atoms with E-state index in [0.29, 0.717) is 0 Å². The molecule has 2 aliphatic heterocycles. The van der Waals surface area contributed by atoms with Crippen LogP contribution in [0.5, 0.6) is 0 Å². The Labute approximate surface area is 438 Å². The van der Waals surface area contributed by atoms with E-state index in [2.05, 4.69) is 224 Å². The molecule has 0 amide bonds. The fourth-order valence-electron chi connectivity index (χ4n) is 15.5. The minimum atomic E-state index is -0.149. The molecule has 374 valence electrons. The number of benzene rings is 6. The van der Waals surface area contributed by atoms with Crippen LogP contribution in [-0.2, 0) is 43.3 Å². The molecule has 1 fully saturated rings. The van der Waals surface area contributed by atoms with Crippen LogP contribution < -0.4 is 26.4 Å². The van der Waals surface area contributed by atoms with E-state index in [4.69, 9.17) is 4.42 Å². The van der Waals surface area contributed by atoms with Gasteiger partial charge in [-0.25, -0.2) is 0 Å². The van der Waals surface area contributed by atoms with E-state index < -0.39 is 0 Å². The Morgan fingerprint density at radius 3 is 1.71 bits per heavy atom. The van der Waals surface area contributed by atoms with Crippen LogP contribution >= 0.6 is 0 Å². The minimum Gasteiger partial charge on any atom is -0.468 e. The predicted octanol–water partition coefficient (Wildman–Crippen LogP) is 17.2. The molecule has 2 unspecified atom stereocenters. The fourth-order valence-corrected chi connectivity index (χ4v) is 15.5. The Bertz CT molecular complexity index is 3510. The lowest BCUT2D eigenvalue weighted by atomic mass is 9.35. The van der Waals surface area contributed by atoms with Gasteiger partial charge in [-0.15, -0.1) is 0 Å². The van der Waals surface area contributed by atoms with E-state index in [-0.39, 0.29) is 50.0 Å². The van der Waals surface area contributed by atoms with Crippen LogP contribution in [0.4, 0.5) is 34.1 Å². The van der Waals surface area contributed by atoms with Crippen LogP contribution in [0.25, 0.3) is 22.1 Å². The Morgan fingerprint density at radius 1 is 0.479 bits per heavy atom. The first-order valence-electron chi connectivity index (χ1n) is 28.1. The molecular formula is C69H79BN2O. The summed E-state index contributed by atoms with van der Waals surface area (Å²) in [4.78, 5) is 5.41. The molecule has 2 atom stereocenters. The quantitative estimate of drug-likeness (QED) is 0.165. The molecule has 3 heterocycles. The summed E-state index contributed by atoms with van der Waals surface area (Å²) < 4.78 is 7.77. The molecule has 6 aliphatic rings. The molecule has 4 aliphatic carbocycles. The average molecular weight is 963 g/mol. The number of rotatable bonds is 3. The number of anilines is 6. The molecule has 13 rings (SSSR count). The Kier molecular flexibility index (Phi) is 9.50. The van der Waals surface area contributed by atoms with Crippen LogP contribution in [-0.4, -0.2) is 6.71 Å². The van der Waals surface area contributed by atoms with Gasteiger partial charge < -0.3 is 14.2 Å². The van der Waals surface area contributed by atoms with Crippen LogP contribution in [0.15, 0.2) is 108 Å². The third-order valence-electron chi connectivity index (χ3n) is 20.2. The standard InChI is InChI=1S/C69H79BN2O/c1-62(2,3)42-22-26-52-51(34-42)70-59-54(35-43(63(4,5)6)36-55(59)72(52)53-27-25-47-58(57(53)41-20-18-17-19-21-41)67(13,14)31-30-65(47,9)10)71(44-23-24-46-48(37-44)66(11,12)29-28-64(46,7)8)60-45-38-49-50(39-56(45)73-61(60)70)69(16)33-32-68(49,15)40-69/h17-27,34-39H,28-33,40H2,1-16H3. The maximum atomic E-state index is 7.77. The molecule has 73 heavy (non-hydrogen) atoms. The lowest BCUT2D eigenvalue weighted by Crippen LogP contribution is -2.61. The van der Waals surface area contributed by atoms with Crippen LogP contribution in [0.1, 0.15) is 200 Å². The summed E-state index contributed by atoms with van der Waals surface area (Å²) in [5.41, 5.74) is 26.8. The number of hydrogen-bond acceptors (Lipinski definition) is 3. The number of hydrogen-bond donors (Lipinski definition) is 0. The second-order valence-electron chi connectivity index (χ2n) is 29.3. The van der Waals surface area contributed by atoms with Crippen molar-refractivity contribution in [1.82, 2.24) is 0 Å². The topological polar surface area (TPSA) is 19.6 Å². The fraction of sp³-hybridized carbons (Fsp3) is 0.449. The second-order valence-corrected chi connectivity index (χ2v) is 29.3. The first kappa shape index (κ1) is 47.3. The number of nitrogens with zero attached hydrogens (tertiary/aromatic N) is 2. The summed E-state index contributed by atoms with van der Waals surface area (Å²) in [7, 11) is 0. The van der Waals surface area contributed by atoms with Gasteiger partial charge in [0.05, 0.1) is 17.0 Å². The van der Waals surface area contributed by atoms with Gasteiger partial charge in [-0.3, -0.25) is 0 Å². The third-order valence-corrected chi connectivity index (χ3v) is 20.2. The van der Waals surface area contributed by atoms with E-state index in [9.17, 15) is 0 Å². The van der Waals surface area contributed by atoms with E-state index in [0.717, 1.165) is 24.1 Å². The van der Waals surface area contributed by atoms with Gasteiger partial charge in [0.2, 0.25) is 0 Å². The van der Waals surface area contributed by atoms with Gasteiger partial charge >= 0.3 is 0 Å². The van der Waals surface area contributed by atoms with Gasteiger partial charge in [0, 0.05) is 33.7 Å². The number of furan rings is 1. The summed E-state index contributed by atoms with van der Waals surface area (Å²) in [6, 6.07) is 41.7. The third kappa shape index (κ3) is 6.62. The van der Waals surface area contributed by atoms with Crippen molar-refractivity contribution in [2.75, 3.05) is 9.80 Å². The maximum absolute atomic E-state index is 7.77. The van der Waals surface area contributed by atoms with Gasteiger partial charge in [0.1, 0.15) is 5.58 Å². The SMILES string of the molecule is CC(C)(C)c1ccc2c(c1)B1c3oc4cc5c(cc4c3N(c3ccc4c(c3)C(C)(C)CCC4(C)C)c3cc(C(C)(C)C)cc(c31)N2c1ccc2c(c1-c1ccccc1)C(C)(C)CCC2(C)C)C1(C)CCC5(C)C1. The normalized spacial score (nSPS) is 23.4. The molecule has 6 aromatic carbocycles. The van der Waals surface area contributed by atoms with E-state index in [1.807, 2.05) is 0 Å². The van der Waals surface area contributed by atoms with Gasteiger partial charge in [-0.2, -0.15) is 0 Å². The first-order chi connectivity index (χ1) is 34.1. The summed E-state index contributed by atoms with van der Waals surface area (Å²) in [5.74, 6) is 0. The molecular weight excluding hydrogens is 884 g/mol. The van der Waals surface area contributed by atoms with Gasteiger partial charge in [-0.1, -0.05) is 165 Å². The van der Waals surface area contributed by atoms with Crippen molar-refractivity contribution >= 4 is 68.4 Å². The lowest BCUT2D eigenvalue weighted by Gasteiger charge is -2.47. The van der Waals surface area contributed by atoms with E-state index in [1.54, 1.807) is 0 Å². The van der Waals surface area contributed by atoms with Crippen molar-refractivity contribution in [2.24, 2.45) is 0 Å². The van der Waals surface area contributed by atoms with E-state index >= 15 is 0 Å². The highest BCUT2D eigenvalue weighted by Gasteiger charge is 2.55. The van der Waals surface area contributed by atoms with Crippen molar-refractivity contribution in [2.45, 2.75) is 199 Å². The summed E-state index contributed by atoms with van der Waals surface area (Å²) >= 11 is 0. The molecule has 1 aromatic heterocycles. The minimum absolute atomic E-state index is 0.0291. The van der Waals surface area contributed by atoms with Gasteiger partial charge in [-0.05, 0) is 198 Å². The van der Waals surface area contributed by atoms with Gasteiger partial charge in [0.25, 0.3) is 6.71 Å². The summed E-state index contributed by atoms with van der Waals surface area (Å²) in [6.45, 7) is 39.1. The first-order valence-corrected chi connectivity index (χ1v) is 28.1. The van der Waals surface area contributed by atoms with Crippen molar-refractivity contribution in [3.63, 3.8) is 0 Å². The largest absolute Gasteiger partial charge is 0.468 e. The van der Waals surface area contributed by atoms with E-state index in [1.165, 1.54) is 138 Å². The molecule has 2 bridgehead atoms. The predicted molar refractivity (Wildman–Crippen MR) is 312 cm³/mol. The molecule has 0 radical (unpaired) electrons. The average Bonchev–Trinajstić information content (AvgIpc) is 3.94.